The Morgan fingerprint density at radius 1 is 1.20 bits per heavy atom. The minimum absolute atomic E-state index is 0.0450. The van der Waals surface area contributed by atoms with Crippen LogP contribution in [0.2, 0.25) is 5.02 Å². The molecule has 2 aromatic rings. The summed E-state index contributed by atoms with van der Waals surface area (Å²) in [5.41, 5.74) is 0.288. The minimum Gasteiger partial charge on any atom is -0.497 e. The first-order valence-electron chi connectivity index (χ1n) is 9.14. The highest BCUT2D eigenvalue weighted by molar-refractivity contribution is 7.94. The second-order valence-corrected chi connectivity index (χ2v) is 9.00. The number of methoxy groups -OCH3 is 1. The number of amides is 2. The summed E-state index contributed by atoms with van der Waals surface area (Å²) in [5.74, 6) is -0.472. The summed E-state index contributed by atoms with van der Waals surface area (Å²) in [6, 6.07) is 11.1. The average Bonchev–Trinajstić information content (AvgIpc) is 2.92. The third-order valence-corrected chi connectivity index (χ3v) is 6.69. The van der Waals surface area contributed by atoms with E-state index in [1.165, 1.54) is 18.2 Å². The fraction of sp³-hybridized carbons (Fsp3) is 0.300. The lowest BCUT2D eigenvalue weighted by atomic mass is 10.1. The molecule has 0 aromatic heterocycles. The number of rotatable bonds is 7. The Bertz CT molecular complexity index is 1060. The monoisotopic (exact) mass is 452 g/mol. The van der Waals surface area contributed by atoms with E-state index in [4.69, 9.17) is 21.1 Å². The molecule has 1 saturated heterocycles. The highest BCUT2D eigenvalue weighted by atomic mass is 35.5. The molecule has 1 N–H and O–H groups in total. The summed E-state index contributed by atoms with van der Waals surface area (Å²) in [6.45, 7) is 2.03. The lowest BCUT2D eigenvalue weighted by molar-refractivity contribution is -0.119. The number of hydrogen-bond acceptors (Lipinski definition) is 6. The summed E-state index contributed by atoms with van der Waals surface area (Å²) in [4.78, 5) is 24.6. The van der Waals surface area contributed by atoms with Crippen molar-refractivity contribution in [3.8, 4) is 11.5 Å². The summed E-state index contributed by atoms with van der Waals surface area (Å²) in [6.07, 6.45) is 0. The molecule has 2 aromatic carbocycles. The molecule has 3 rings (SSSR count). The summed E-state index contributed by atoms with van der Waals surface area (Å²) in [7, 11) is -2.16. The number of sulfonamides is 1. The van der Waals surface area contributed by atoms with Crippen LogP contribution in [0, 0.1) is 5.92 Å². The van der Waals surface area contributed by atoms with E-state index >= 15 is 0 Å². The number of carbonyl (C=O) groups is 2. The standard InChI is InChI=1S/C20H21ClN2O6S/c1-13-12-30(26,27)23(20(13)25)14-3-8-17(18(21)11-14)19(24)22-9-10-29-16-6-4-15(28-2)5-7-16/h3-8,11,13H,9-10,12H2,1-2H3,(H,22,24)/t13-/m1/s1. The Hall–Kier alpha value is -2.78. The number of ether oxygens (including phenoxy) is 2. The smallest absolute Gasteiger partial charge is 0.252 e. The van der Waals surface area contributed by atoms with Crippen molar-refractivity contribution >= 4 is 39.1 Å². The molecule has 10 heteroatoms. The molecule has 0 spiro atoms. The molecular formula is C20H21ClN2O6S. The first-order chi connectivity index (χ1) is 14.2. The van der Waals surface area contributed by atoms with Crippen LogP contribution in [0.5, 0.6) is 11.5 Å². The Morgan fingerprint density at radius 3 is 2.43 bits per heavy atom. The average molecular weight is 453 g/mol. The van der Waals surface area contributed by atoms with Gasteiger partial charge in [0.2, 0.25) is 15.9 Å². The van der Waals surface area contributed by atoms with Crippen LogP contribution in [0.4, 0.5) is 5.69 Å². The van der Waals surface area contributed by atoms with E-state index in [0.717, 1.165) is 4.31 Å². The first kappa shape index (κ1) is 21.9. The minimum atomic E-state index is -3.74. The van der Waals surface area contributed by atoms with Gasteiger partial charge in [0.15, 0.2) is 0 Å². The fourth-order valence-corrected chi connectivity index (χ4v) is 5.07. The SMILES string of the molecule is COc1ccc(OCCNC(=O)c2ccc(N3C(=O)[C@H](C)CS3(=O)=O)cc2Cl)cc1. The van der Waals surface area contributed by atoms with Gasteiger partial charge in [-0.3, -0.25) is 9.59 Å². The van der Waals surface area contributed by atoms with E-state index in [1.54, 1.807) is 38.3 Å². The van der Waals surface area contributed by atoms with Crippen molar-refractivity contribution in [1.82, 2.24) is 5.32 Å². The van der Waals surface area contributed by atoms with Crippen molar-refractivity contribution in [3.63, 3.8) is 0 Å². The second-order valence-electron chi connectivity index (χ2n) is 6.73. The highest BCUT2D eigenvalue weighted by Crippen LogP contribution is 2.31. The van der Waals surface area contributed by atoms with E-state index in [1.807, 2.05) is 0 Å². The zero-order chi connectivity index (χ0) is 21.9. The zero-order valence-electron chi connectivity index (χ0n) is 16.4. The normalized spacial score (nSPS) is 17.6. The Kier molecular flexibility index (Phi) is 6.52. The highest BCUT2D eigenvalue weighted by Gasteiger charge is 2.42. The maximum Gasteiger partial charge on any atom is 0.252 e. The van der Waals surface area contributed by atoms with Gasteiger partial charge in [-0.15, -0.1) is 0 Å². The predicted octanol–water partition coefficient (Wildman–Crippen LogP) is 2.47. The van der Waals surface area contributed by atoms with Gasteiger partial charge in [0.05, 0.1) is 41.6 Å². The first-order valence-corrected chi connectivity index (χ1v) is 11.1. The summed E-state index contributed by atoms with van der Waals surface area (Å²) in [5, 5.41) is 2.73. The van der Waals surface area contributed by atoms with Gasteiger partial charge >= 0.3 is 0 Å². The molecule has 0 aliphatic carbocycles. The van der Waals surface area contributed by atoms with Crippen LogP contribution in [-0.2, 0) is 14.8 Å². The Morgan fingerprint density at radius 2 is 1.87 bits per heavy atom. The van der Waals surface area contributed by atoms with Gasteiger partial charge < -0.3 is 14.8 Å². The van der Waals surface area contributed by atoms with Gasteiger partial charge in [0, 0.05) is 0 Å². The van der Waals surface area contributed by atoms with Gasteiger partial charge in [-0.25, -0.2) is 12.7 Å². The number of carbonyl (C=O) groups excluding carboxylic acids is 2. The molecule has 1 aliphatic heterocycles. The molecule has 1 heterocycles. The number of anilines is 1. The second kappa shape index (κ2) is 8.93. The van der Waals surface area contributed by atoms with Crippen molar-refractivity contribution in [2.75, 3.05) is 30.3 Å². The van der Waals surface area contributed by atoms with Gasteiger partial charge in [-0.2, -0.15) is 0 Å². The zero-order valence-corrected chi connectivity index (χ0v) is 18.0. The van der Waals surface area contributed by atoms with Crippen LogP contribution in [0.25, 0.3) is 0 Å². The third-order valence-electron chi connectivity index (χ3n) is 4.51. The molecule has 1 fully saturated rings. The molecule has 0 bridgehead atoms. The molecule has 160 valence electrons. The van der Waals surface area contributed by atoms with E-state index in [2.05, 4.69) is 5.32 Å². The van der Waals surface area contributed by atoms with Crippen molar-refractivity contribution in [3.05, 3.63) is 53.1 Å². The largest absolute Gasteiger partial charge is 0.497 e. The maximum absolute atomic E-state index is 12.4. The fourth-order valence-electron chi connectivity index (χ4n) is 3.00. The van der Waals surface area contributed by atoms with E-state index in [0.29, 0.717) is 11.5 Å². The van der Waals surface area contributed by atoms with Crippen LogP contribution >= 0.6 is 11.6 Å². The summed E-state index contributed by atoms with van der Waals surface area (Å²) >= 11 is 6.18. The summed E-state index contributed by atoms with van der Waals surface area (Å²) < 4.78 is 35.8. The van der Waals surface area contributed by atoms with Gasteiger partial charge in [-0.05, 0) is 42.5 Å². The number of nitrogens with one attached hydrogen (secondary N) is 1. The quantitative estimate of drug-likeness (QED) is 0.647. The van der Waals surface area contributed by atoms with E-state index < -0.39 is 27.8 Å². The number of nitrogens with zero attached hydrogens (tertiary/aromatic N) is 1. The molecule has 0 saturated carbocycles. The Balaban J connectivity index is 1.59. The van der Waals surface area contributed by atoms with Crippen LogP contribution in [0.15, 0.2) is 42.5 Å². The van der Waals surface area contributed by atoms with E-state index in [9.17, 15) is 18.0 Å². The molecule has 30 heavy (non-hydrogen) atoms. The Labute approximate surface area is 179 Å². The lowest BCUT2D eigenvalue weighted by Gasteiger charge is -2.16. The molecule has 8 nitrogen and oxygen atoms in total. The topological polar surface area (TPSA) is 102 Å². The molecule has 0 radical (unpaired) electrons. The third kappa shape index (κ3) is 4.68. The number of halogens is 1. The maximum atomic E-state index is 12.4. The molecule has 0 unspecified atom stereocenters. The van der Waals surface area contributed by atoms with Crippen molar-refractivity contribution in [1.29, 1.82) is 0 Å². The lowest BCUT2D eigenvalue weighted by Crippen LogP contribution is -2.31. The number of benzene rings is 2. The molecule has 1 atom stereocenters. The van der Waals surface area contributed by atoms with Crippen LogP contribution < -0.4 is 19.1 Å². The predicted molar refractivity (Wildman–Crippen MR) is 113 cm³/mol. The van der Waals surface area contributed by atoms with Crippen molar-refractivity contribution in [2.24, 2.45) is 5.92 Å². The van der Waals surface area contributed by atoms with Crippen LogP contribution in [-0.4, -0.2) is 46.2 Å². The van der Waals surface area contributed by atoms with Gasteiger partial charge in [-0.1, -0.05) is 18.5 Å². The number of hydrogen-bond donors (Lipinski definition) is 1. The van der Waals surface area contributed by atoms with Gasteiger partial charge in [0.1, 0.15) is 18.1 Å². The van der Waals surface area contributed by atoms with Crippen LogP contribution in [0.3, 0.4) is 0 Å². The van der Waals surface area contributed by atoms with Crippen molar-refractivity contribution in [2.45, 2.75) is 6.92 Å². The molecular weight excluding hydrogens is 432 g/mol. The van der Waals surface area contributed by atoms with Crippen LogP contribution in [0.1, 0.15) is 17.3 Å². The molecule has 1 aliphatic rings. The van der Waals surface area contributed by atoms with Gasteiger partial charge in [0.25, 0.3) is 5.91 Å². The van der Waals surface area contributed by atoms with E-state index in [-0.39, 0.29) is 35.2 Å². The molecule has 2 amide bonds. The van der Waals surface area contributed by atoms with Crippen molar-refractivity contribution < 1.29 is 27.5 Å².